The van der Waals surface area contributed by atoms with E-state index >= 15 is 0 Å². The minimum absolute atomic E-state index is 0.0764. The average Bonchev–Trinajstić information content (AvgIpc) is 2.96. The van der Waals surface area contributed by atoms with Crippen LogP contribution in [0, 0.1) is 0 Å². The number of phenolic OH excluding ortho intramolecular Hbond substituents is 2. The molecule has 1 aromatic carbocycles. The summed E-state index contributed by atoms with van der Waals surface area (Å²) in [7, 11) is 0. The van der Waals surface area contributed by atoms with Gasteiger partial charge in [-0.15, -0.1) is 0 Å². The van der Waals surface area contributed by atoms with Crippen molar-refractivity contribution in [1.29, 1.82) is 0 Å². The molecule has 2 heterocycles. The Labute approximate surface area is 125 Å². The lowest BCUT2D eigenvalue weighted by atomic mass is 9.85. The lowest BCUT2D eigenvalue weighted by Gasteiger charge is -2.32. The number of rotatable bonds is 1. The molecule has 0 saturated heterocycles. The van der Waals surface area contributed by atoms with E-state index < -0.39 is 6.04 Å². The summed E-state index contributed by atoms with van der Waals surface area (Å²) in [6.07, 6.45) is 3.53. The van der Waals surface area contributed by atoms with Gasteiger partial charge < -0.3 is 15.5 Å². The van der Waals surface area contributed by atoms with E-state index in [0.29, 0.717) is 23.5 Å². The highest BCUT2D eigenvalue weighted by Gasteiger charge is 2.36. The van der Waals surface area contributed by atoms with E-state index in [1.165, 1.54) is 18.5 Å². The van der Waals surface area contributed by atoms with Crippen molar-refractivity contribution < 1.29 is 15.0 Å². The maximum Gasteiger partial charge on any atom is 0.226 e. The van der Waals surface area contributed by atoms with Crippen LogP contribution in [0.5, 0.6) is 11.5 Å². The molecule has 0 spiro atoms. The van der Waals surface area contributed by atoms with Gasteiger partial charge in [0, 0.05) is 17.7 Å². The highest BCUT2D eigenvalue weighted by Crippen LogP contribution is 2.41. The second kappa shape index (κ2) is 4.59. The number of hydrogen-bond donors (Lipinski definition) is 3. The van der Waals surface area contributed by atoms with Crippen LogP contribution in [0.2, 0.25) is 0 Å². The summed E-state index contributed by atoms with van der Waals surface area (Å²) < 4.78 is 1.63. The topological polar surface area (TPSA) is 100 Å². The van der Waals surface area contributed by atoms with Crippen molar-refractivity contribution in [2.45, 2.75) is 25.3 Å². The number of fused-ring (bicyclic) bond motifs is 1. The van der Waals surface area contributed by atoms with Crippen LogP contribution >= 0.6 is 0 Å². The minimum Gasteiger partial charge on any atom is -0.504 e. The summed E-state index contributed by atoms with van der Waals surface area (Å²) in [5.41, 5.74) is 2.22. The molecule has 3 N–H and O–H groups in total. The van der Waals surface area contributed by atoms with Gasteiger partial charge in [-0.1, -0.05) is 6.07 Å². The number of nitrogens with zero attached hydrogens (tertiary/aromatic N) is 3. The highest BCUT2D eigenvalue weighted by molar-refractivity contribution is 5.99. The van der Waals surface area contributed by atoms with Gasteiger partial charge in [0.15, 0.2) is 17.3 Å². The number of hydrogen-bond acceptors (Lipinski definition) is 6. The fraction of sp³-hybridized carbons (Fsp3) is 0.267. The number of aromatic hydroxyl groups is 2. The predicted molar refractivity (Wildman–Crippen MR) is 77.4 cm³/mol. The number of ketones is 1. The third-order valence-electron chi connectivity index (χ3n) is 4.13. The first-order chi connectivity index (χ1) is 10.6. The first kappa shape index (κ1) is 12.9. The molecule has 0 unspecified atom stereocenters. The Morgan fingerprint density at radius 3 is 2.91 bits per heavy atom. The van der Waals surface area contributed by atoms with E-state index in [1.807, 2.05) is 0 Å². The maximum atomic E-state index is 12.4. The van der Waals surface area contributed by atoms with Gasteiger partial charge in [-0.25, -0.2) is 4.68 Å². The quantitative estimate of drug-likeness (QED) is 0.693. The first-order valence-corrected chi connectivity index (χ1v) is 7.10. The Morgan fingerprint density at radius 1 is 1.23 bits per heavy atom. The van der Waals surface area contributed by atoms with Crippen LogP contribution in [-0.2, 0) is 4.79 Å². The molecule has 4 rings (SSSR count). The van der Waals surface area contributed by atoms with Gasteiger partial charge in [-0.05, 0) is 30.5 Å². The van der Waals surface area contributed by atoms with Crippen LogP contribution in [0.4, 0.5) is 5.95 Å². The van der Waals surface area contributed by atoms with Gasteiger partial charge in [-0.2, -0.15) is 10.1 Å². The third kappa shape index (κ3) is 1.78. The van der Waals surface area contributed by atoms with Gasteiger partial charge in [0.2, 0.25) is 5.95 Å². The Bertz CT molecular complexity index is 809. The van der Waals surface area contributed by atoms with Crippen LogP contribution in [0.1, 0.15) is 30.9 Å². The van der Waals surface area contributed by atoms with E-state index in [4.69, 9.17) is 0 Å². The largest absolute Gasteiger partial charge is 0.504 e. The monoisotopic (exact) mass is 298 g/mol. The Hall–Kier alpha value is -2.83. The zero-order chi connectivity index (χ0) is 15.3. The van der Waals surface area contributed by atoms with Crippen LogP contribution in [-0.4, -0.2) is 30.8 Å². The molecule has 22 heavy (non-hydrogen) atoms. The standard InChI is InChI=1S/C15H14N4O3/c20-10-5-4-8(6-12(10)22)14-13-9(2-1-3-11(13)21)18-15-16-7-17-19(14)15/h4-7,14,20,22H,1-3H2,(H,16,17,18)/t14-/m1/s1. The molecule has 0 fully saturated rings. The van der Waals surface area contributed by atoms with Gasteiger partial charge in [-0.3, -0.25) is 4.79 Å². The Morgan fingerprint density at radius 2 is 2.09 bits per heavy atom. The SMILES string of the molecule is O=C1CCCC2=C1[C@@H](c1ccc(O)c(O)c1)n1ncnc1N2. The van der Waals surface area contributed by atoms with Crippen molar-refractivity contribution in [2.24, 2.45) is 0 Å². The molecule has 0 bridgehead atoms. The third-order valence-corrected chi connectivity index (χ3v) is 4.13. The zero-order valence-electron chi connectivity index (χ0n) is 11.7. The summed E-state index contributed by atoms with van der Waals surface area (Å²) in [5.74, 6) is 0.238. The molecule has 1 atom stereocenters. The summed E-state index contributed by atoms with van der Waals surface area (Å²) in [4.78, 5) is 16.6. The average molecular weight is 298 g/mol. The van der Waals surface area contributed by atoms with Gasteiger partial charge >= 0.3 is 0 Å². The molecule has 0 amide bonds. The molecular weight excluding hydrogens is 284 g/mol. The van der Waals surface area contributed by atoms with E-state index in [1.54, 1.807) is 10.7 Å². The molecule has 1 aliphatic carbocycles. The Kier molecular flexibility index (Phi) is 2.69. The van der Waals surface area contributed by atoms with Crippen molar-refractivity contribution in [1.82, 2.24) is 14.8 Å². The van der Waals surface area contributed by atoms with Gasteiger partial charge in [0.05, 0.1) is 0 Å². The summed E-state index contributed by atoms with van der Waals surface area (Å²) in [6.45, 7) is 0. The van der Waals surface area contributed by atoms with Crippen LogP contribution in [0.15, 0.2) is 35.8 Å². The van der Waals surface area contributed by atoms with Crippen LogP contribution < -0.4 is 5.32 Å². The number of nitrogens with one attached hydrogen (secondary N) is 1. The Balaban J connectivity index is 1.92. The summed E-state index contributed by atoms with van der Waals surface area (Å²) >= 11 is 0. The van der Waals surface area contributed by atoms with Crippen molar-refractivity contribution in [3.8, 4) is 11.5 Å². The molecule has 1 aliphatic heterocycles. The molecule has 112 valence electrons. The minimum atomic E-state index is -0.437. The van der Waals surface area contributed by atoms with E-state index in [0.717, 1.165) is 18.5 Å². The van der Waals surface area contributed by atoms with Crippen molar-refractivity contribution in [2.75, 3.05) is 5.32 Å². The summed E-state index contributed by atoms with van der Waals surface area (Å²) in [5, 5.41) is 26.7. The van der Waals surface area contributed by atoms with E-state index in [-0.39, 0.29) is 17.3 Å². The van der Waals surface area contributed by atoms with Crippen LogP contribution in [0.25, 0.3) is 0 Å². The molecular formula is C15H14N4O3. The van der Waals surface area contributed by atoms with Crippen molar-refractivity contribution >= 4 is 11.7 Å². The fourth-order valence-electron chi connectivity index (χ4n) is 3.11. The number of anilines is 1. The summed E-state index contributed by atoms with van der Waals surface area (Å²) in [6, 6.07) is 4.12. The number of carbonyl (C=O) groups is 1. The van der Waals surface area contributed by atoms with Crippen LogP contribution in [0.3, 0.4) is 0 Å². The van der Waals surface area contributed by atoms with Gasteiger partial charge in [0.1, 0.15) is 12.4 Å². The van der Waals surface area contributed by atoms with E-state index in [9.17, 15) is 15.0 Å². The normalized spacial score (nSPS) is 20.4. The lowest BCUT2D eigenvalue weighted by Crippen LogP contribution is -2.31. The number of Topliss-reactive ketones (excluding diaryl/α,β-unsaturated/α-hetero) is 1. The molecule has 7 nitrogen and oxygen atoms in total. The maximum absolute atomic E-state index is 12.4. The molecule has 2 aromatic rings. The molecule has 1 aromatic heterocycles. The molecule has 7 heteroatoms. The van der Waals surface area contributed by atoms with Gasteiger partial charge in [0.25, 0.3) is 0 Å². The highest BCUT2D eigenvalue weighted by atomic mass is 16.3. The first-order valence-electron chi connectivity index (χ1n) is 7.10. The second-order valence-electron chi connectivity index (χ2n) is 5.47. The van der Waals surface area contributed by atoms with Crippen molar-refractivity contribution in [3.63, 3.8) is 0 Å². The lowest BCUT2D eigenvalue weighted by molar-refractivity contribution is -0.116. The second-order valence-corrected chi connectivity index (χ2v) is 5.47. The van der Waals surface area contributed by atoms with Crippen molar-refractivity contribution in [3.05, 3.63) is 41.4 Å². The van der Waals surface area contributed by atoms with E-state index in [2.05, 4.69) is 15.4 Å². The molecule has 0 radical (unpaired) electrons. The number of phenols is 2. The number of carbonyl (C=O) groups excluding carboxylic acids is 1. The predicted octanol–water partition coefficient (Wildman–Crippen LogP) is 1.71. The number of benzene rings is 1. The number of allylic oxidation sites excluding steroid dienone is 2. The smallest absolute Gasteiger partial charge is 0.226 e. The molecule has 0 saturated carbocycles. The zero-order valence-corrected chi connectivity index (χ0v) is 11.7. The number of aromatic nitrogens is 3. The molecule has 2 aliphatic rings. The fourth-order valence-corrected chi connectivity index (χ4v) is 3.11.